The van der Waals surface area contributed by atoms with Gasteiger partial charge < -0.3 is 9.47 Å². The van der Waals surface area contributed by atoms with Crippen LogP contribution in [0.15, 0.2) is 23.3 Å². The fourth-order valence-electron chi connectivity index (χ4n) is 5.64. The molecule has 0 saturated heterocycles. The first-order chi connectivity index (χ1) is 13.1. The molecule has 0 unspecified atom stereocenters. The third-order valence-corrected chi connectivity index (χ3v) is 7.12. The van der Waals surface area contributed by atoms with Crippen molar-refractivity contribution in [2.24, 2.45) is 22.7 Å². The second-order valence-corrected chi connectivity index (χ2v) is 9.64. The van der Waals surface area contributed by atoms with E-state index >= 15 is 0 Å². The van der Waals surface area contributed by atoms with Crippen LogP contribution in [0.5, 0.6) is 0 Å². The van der Waals surface area contributed by atoms with E-state index in [2.05, 4.69) is 33.8 Å². The van der Waals surface area contributed by atoms with Gasteiger partial charge in [0, 0.05) is 13.8 Å². The SMILES string of the molecule is CC(=O)OC/C=C(\C)CC[C@@H]1C(COC(C)=O)=CC[C@@H]2C(C)(C)CCC[C@@]12C. The van der Waals surface area contributed by atoms with Crippen LogP contribution < -0.4 is 0 Å². The van der Waals surface area contributed by atoms with Crippen molar-refractivity contribution in [2.45, 2.75) is 80.1 Å². The van der Waals surface area contributed by atoms with Crippen LogP contribution in [0, 0.1) is 22.7 Å². The molecule has 1 saturated carbocycles. The number of esters is 2. The molecule has 2 aliphatic carbocycles. The minimum atomic E-state index is -0.247. The zero-order chi connectivity index (χ0) is 20.9. The lowest BCUT2D eigenvalue weighted by Crippen LogP contribution is -2.49. The molecule has 4 nitrogen and oxygen atoms in total. The van der Waals surface area contributed by atoms with Gasteiger partial charge in [-0.1, -0.05) is 38.8 Å². The van der Waals surface area contributed by atoms with E-state index in [4.69, 9.17) is 9.47 Å². The molecule has 4 heteroatoms. The molecule has 2 aliphatic rings. The number of allylic oxidation sites excluding steroid dienone is 2. The van der Waals surface area contributed by atoms with Crippen LogP contribution in [0.1, 0.15) is 80.1 Å². The van der Waals surface area contributed by atoms with Crippen LogP contribution >= 0.6 is 0 Å². The van der Waals surface area contributed by atoms with Gasteiger partial charge in [-0.15, -0.1) is 0 Å². The van der Waals surface area contributed by atoms with E-state index in [0.717, 1.165) is 19.3 Å². The van der Waals surface area contributed by atoms with Gasteiger partial charge in [0.2, 0.25) is 0 Å². The molecule has 158 valence electrons. The summed E-state index contributed by atoms with van der Waals surface area (Å²) in [7, 11) is 0. The summed E-state index contributed by atoms with van der Waals surface area (Å²) in [4.78, 5) is 22.4. The van der Waals surface area contributed by atoms with Gasteiger partial charge in [-0.2, -0.15) is 0 Å². The Labute approximate surface area is 170 Å². The van der Waals surface area contributed by atoms with Crippen molar-refractivity contribution in [2.75, 3.05) is 13.2 Å². The Hall–Kier alpha value is -1.58. The normalized spacial score (nSPS) is 29.5. The van der Waals surface area contributed by atoms with Gasteiger partial charge in [-0.05, 0) is 73.3 Å². The highest BCUT2D eigenvalue weighted by Gasteiger charge is 2.52. The minimum Gasteiger partial charge on any atom is -0.462 e. The summed E-state index contributed by atoms with van der Waals surface area (Å²) in [6.45, 7) is 13.1. The lowest BCUT2D eigenvalue weighted by atomic mass is 9.48. The van der Waals surface area contributed by atoms with Crippen LogP contribution in [0.3, 0.4) is 0 Å². The Kier molecular flexibility index (Phi) is 7.52. The van der Waals surface area contributed by atoms with Gasteiger partial charge in [0.1, 0.15) is 13.2 Å². The van der Waals surface area contributed by atoms with E-state index in [-0.39, 0.29) is 17.4 Å². The zero-order valence-corrected chi connectivity index (χ0v) is 18.6. The topological polar surface area (TPSA) is 52.6 Å². The van der Waals surface area contributed by atoms with Gasteiger partial charge in [0.05, 0.1) is 0 Å². The summed E-state index contributed by atoms with van der Waals surface area (Å²) in [5.74, 6) is 0.614. The van der Waals surface area contributed by atoms with Crippen molar-refractivity contribution < 1.29 is 19.1 Å². The predicted molar refractivity (Wildman–Crippen MR) is 112 cm³/mol. The first-order valence-corrected chi connectivity index (χ1v) is 10.7. The van der Waals surface area contributed by atoms with Crippen molar-refractivity contribution in [3.05, 3.63) is 23.3 Å². The maximum Gasteiger partial charge on any atom is 0.302 e. The quantitative estimate of drug-likeness (QED) is 0.418. The summed E-state index contributed by atoms with van der Waals surface area (Å²) in [5, 5.41) is 0. The average Bonchev–Trinajstić information content (AvgIpc) is 2.57. The van der Waals surface area contributed by atoms with Crippen LogP contribution in [0.25, 0.3) is 0 Å². The summed E-state index contributed by atoms with van der Waals surface area (Å²) in [5.41, 5.74) is 3.12. The van der Waals surface area contributed by atoms with Crippen molar-refractivity contribution >= 4 is 11.9 Å². The molecule has 0 spiro atoms. The van der Waals surface area contributed by atoms with Crippen molar-refractivity contribution in [3.8, 4) is 0 Å². The minimum absolute atomic E-state index is 0.214. The Morgan fingerprint density at radius 3 is 2.43 bits per heavy atom. The van der Waals surface area contributed by atoms with E-state index in [1.54, 1.807) is 0 Å². The molecule has 0 aromatic carbocycles. The molecular weight excluding hydrogens is 352 g/mol. The highest BCUT2D eigenvalue weighted by molar-refractivity contribution is 5.66. The number of rotatable bonds is 7. The molecule has 0 aliphatic heterocycles. The molecule has 0 aromatic rings. The van der Waals surface area contributed by atoms with Crippen LogP contribution in [0.4, 0.5) is 0 Å². The summed E-state index contributed by atoms with van der Waals surface area (Å²) in [6.07, 6.45) is 11.2. The summed E-state index contributed by atoms with van der Waals surface area (Å²) >= 11 is 0. The summed E-state index contributed by atoms with van der Waals surface area (Å²) < 4.78 is 10.4. The van der Waals surface area contributed by atoms with E-state index in [1.165, 1.54) is 44.3 Å². The van der Waals surface area contributed by atoms with E-state index in [1.807, 2.05) is 6.08 Å². The number of hydrogen-bond acceptors (Lipinski definition) is 4. The maximum absolute atomic E-state index is 11.4. The first kappa shape index (κ1) is 22.7. The van der Waals surface area contributed by atoms with Crippen molar-refractivity contribution in [3.63, 3.8) is 0 Å². The number of carbonyl (C=O) groups is 2. The molecular formula is C24H38O4. The molecule has 2 rings (SSSR count). The molecule has 1 fully saturated rings. The Bertz CT molecular complexity index is 643. The van der Waals surface area contributed by atoms with Crippen LogP contribution in [-0.2, 0) is 19.1 Å². The standard InChI is InChI=1S/C24H38O4/c1-17(12-15-27-18(2)25)8-10-21-20(16-28-19(3)26)9-11-22-23(4,5)13-7-14-24(21,22)6/h9,12,21-22H,7-8,10-11,13-16H2,1-6H3/b17-12+/t21-,22-,24+/m1/s1. The second-order valence-electron chi connectivity index (χ2n) is 9.64. The second kappa shape index (κ2) is 9.28. The first-order valence-electron chi connectivity index (χ1n) is 10.7. The zero-order valence-electron chi connectivity index (χ0n) is 18.6. The largest absolute Gasteiger partial charge is 0.462 e. The number of ether oxygens (including phenoxy) is 2. The Morgan fingerprint density at radius 2 is 1.79 bits per heavy atom. The number of carbonyl (C=O) groups excluding carboxylic acids is 2. The third kappa shape index (κ3) is 5.48. The average molecular weight is 391 g/mol. The lowest BCUT2D eigenvalue weighted by molar-refractivity contribution is -0.141. The van der Waals surface area contributed by atoms with Gasteiger partial charge in [-0.25, -0.2) is 0 Å². The van der Waals surface area contributed by atoms with Gasteiger partial charge in [-0.3, -0.25) is 9.59 Å². The van der Waals surface area contributed by atoms with Crippen LogP contribution in [0.2, 0.25) is 0 Å². The molecule has 0 bridgehead atoms. The molecule has 0 N–H and O–H groups in total. The number of fused-ring (bicyclic) bond motifs is 1. The smallest absolute Gasteiger partial charge is 0.302 e. The van der Waals surface area contributed by atoms with Gasteiger partial charge in [0.15, 0.2) is 0 Å². The van der Waals surface area contributed by atoms with Gasteiger partial charge >= 0.3 is 11.9 Å². The summed E-state index contributed by atoms with van der Waals surface area (Å²) in [6, 6.07) is 0. The fraction of sp³-hybridized carbons (Fsp3) is 0.750. The highest BCUT2D eigenvalue weighted by atomic mass is 16.5. The van der Waals surface area contributed by atoms with E-state index in [0.29, 0.717) is 30.5 Å². The highest BCUT2D eigenvalue weighted by Crippen LogP contribution is 2.60. The van der Waals surface area contributed by atoms with E-state index < -0.39 is 0 Å². The molecule has 0 heterocycles. The fourth-order valence-corrected chi connectivity index (χ4v) is 5.64. The number of hydrogen-bond donors (Lipinski definition) is 0. The molecule has 0 radical (unpaired) electrons. The molecule has 0 aromatic heterocycles. The third-order valence-electron chi connectivity index (χ3n) is 7.12. The monoisotopic (exact) mass is 390 g/mol. The maximum atomic E-state index is 11.4. The molecule has 28 heavy (non-hydrogen) atoms. The lowest BCUT2D eigenvalue weighted by Gasteiger charge is -2.57. The molecule has 3 atom stereocenters. The predicted octanol–water partition coefficient (Wildman–Crippen LogP) is 5.62. The van der Waals surface area contributed by atoms with E-state index in [9.17, 15) is 9.59 Å². The molecule has 0 amide bonds. The van der Waals surface area contributed by atoms with Crippen molar-refractivity contribution in [1.82, 2.24) is 0 Å². The van der Waals surface area contributed by atoms with Gasteiger partial charge in [0.25, 0.3) is 0 Å². The van der Waals surface area contributed by atoms with Crippen molar-refractivity contribution in [1.29, 1.82) is 0 Å². The van der Waals surface area contributed by atoms with Crippen LogP contribution in [-0.4, -0.2) is 25.2 Å². The Balaban J connectivity index is 2.18. The Morgan fingerprint density at radius 1 is 1.11 bits per heavy atom.